The van der Waals surface area contributed by atoms with E-state index in [0.29, 0.717) is 5.75 Å². The molecule has 2 aromatic heterocycles. The van der Waals surface area contributed by atoms with Crippen molar-refractivity contribution in [2.24, 2.45) is 0 Å². The SMILES string of the molecule is C#CCOc1ccc2c(c1)ncn2-c1nccc(C)c1-c1ccc(F)cc1C. The van der Waals surface area contributed by atoms with Gasteiger partial charge in [-0.15, -0.1) is 6.42 Å². The van der Waals surface area contributed by atoms with Crippen LogP contribution in [-0.2, 0) is 0 Å². The Balaban J connectivity index is 1.89. The molecule has 2 heterocycles. The first kappa shape index (κ1) is 17.7. The van der Waals surface area contributed by atoms with E-state index in [9.17, 15) is 4.39 Å². The number of ether oxygens (including phenoxy) is 1. The van der Waals surface area contributed by atoms with Gasteiger partial charge in [-0.3, -0.25) is 4.57 Å². The zero-order chi connectivity index (χ0) is 19.7. The van der Waals surface area contributed by atoms with Crippen LogP contribution in [0.3, 0.4) is 0 Å². The van der Waals surface area contributed by atoms with E-state index >= 15 is 0 Å². The molecule has 0 saturated heterocycles. The summed E-state index contributed by atoms with van der Waals surface area (Å²) in [7, 11) is 0. The summed E-state index contributed by atoms with van der Waals surface area (Å²) in [4.78, 5) is 9.11. The molecule has 0 aliphatic rings. The molecular weight excluding hydrogens is 353 g/mol. The maximum atomic E-state index is 13.6. The highest BCUT2D eigenvalue weighted by Crippen LogP contribution is 2.33. The van der Waals surface area contributed by atoms with Gasteiger partial charge in [-0.2, -0.15) is 0 Å². The number of halogens is 1. The van der Waals surface area contributed by atoms with Crippen molar-refractivity contribution in [1.29, 1.82) is 0 Å². The van der Waals surface area contributed by atoms with Gasteiger partial charge in [0.15, 0.2) is 0 Å². The second-order valence-electron chi connectivity index (χ2n) is 6.54. The molecule has 5 heteroatoms. The zero-order valence-corrected chi connectivity index (χ0v) is 15.6. The van der Waals surface area contributed by atoms with E-state index in [1.807, 2.05) is 42.7 Å². The number of imidazole rings is 1. The molecule has 0 bridgehead atoms. The molecule has 2 aromatic carbocycles. The van der Waals surface area contributed by atoms with Gasteiger partial charge in [0.2, 0.25) is 0 Å². The third-order valence-corrected chi connectivity index (χ3v) is 4.67. The van der Waals surface area contributed by atoms with E-state index in [1.165, 1.54) is 12.1 Å². The molecule has 0 spiro atoms. The van der Waals surface area contributed by atoms with Crippen LogP contribution in [0.4, 0.5) is 4.39 Å². The Labute approximate surface area is 162 Å². The lowest BCUT2D eigenvalue weighted by atomic mass is 9.97. The smallest absolute Gasteiger partial charge is 0.148 e. The summed E-state index contributed by atoms with van der Waals surface area (Å²) in [6.07, 6.45) is 8.75. The van der Waals surface area contributed by atoms with E-state index < -0.39 is 0 Å². The monoisotopic (exact) mass is 371 g/mol. The maximum absolute atomic E-state index is 13.6. The summed E-state index contributed by atoms with van der Waals surface area (Å²) < 4.78 is 21.0. The van der Waals surface area contributed by atoms with E-state index in [4.69, 9.17) is 11.2 Å². The predicted molar refractivity (Wildman–Crippen MR) is 108 cm³/mol. The number of hydrogen-bond donors (Lipinski definition) is 0. The first-order chi connectivity index (χ1) is 13.6. The van der Waals surface area contributed by atoms with Crippen molar-refractivity contribution in [3.63, 3.8) is 0 Å². The minimum atomic E-state index is -0.253. The first-order valence-corrected chi connectivity index (χ1v) is 8.84. The van der Waals surface area contributed by atoms with Crippen molar-refractivity contribution in [3.8, 4) is 35.0 Å². The number of terminal acetylenes is 1. The molecule has 4 rings (SSSR count). The average molecular weight is 371 g/mol. The third kappa shape index (κ3) is 3.10. The predicted octanol–water partition coefficient (Wildman–Crippen LogP) is 4.86. The summed E-state index contributed by atoms with van der Waals surface area (Å²) in [5, 5.41) is 0. The van der Waals surface area contributed by atoms with Crippen molar-refractivity contribution in [2.45, 2.75) is 13.8 Å². The molecule has 0 amide bonds. The van der Waals surface area contributed by atoms with Crippen molar-refractivity contribution < 1.29 is 9.13 Å². The number of aromatic nitrogens is 3. The molecule has 0 N–H and O–H groups in total. The minimum Gasteiger partial charge on any atom is -0.481 e. The van der Waals surface area contributed by atoms with Crippen LogP contribution in [0.1, 0.15) is 11.1 Å². The van der Waals surface area contributed by atoms with E-state index in [2.05, 4.69) is 15.9 Å². The molecule has 0 saturated carbocycles. The van der Waals surface area contributed by atoms with E-state index in [-0.39, 0.29) is 12.4 Å². The van der Waals surface area contributed by atoms with Crippen molar-refractivity contribution >= 4 is 11.0 Å². The number of nitrogens with zero attached hydrogens (tertiary/aromatic N) is 3. The number of rotatable bonds is 4. The number of aryl methyl sites for hydroxylation is 2. The molecule has 0 aliphatic carbocycles. The summed E-state index contributed by atoms with van der Waals surface area (Å²) >= 11 is 0. The van der Waals surface area contributed by atoms with Crippen molar-refractivity contribution in [1.82, 2.24) is 14.5 Å². The van der Waals surface area contributed by atoms with Crippen LogP contribution < -0.4 is 4.74 Å². The van der Waals surface area contributed by atoms with Crippen LogP contribution in [0.15, 0.2) is 55.0 Å². The molecule has 138 valence electrons. The van der Waals surface area contributed by atoms with Crippen LogP contribution >= 0.6 is 0 Å². The molecule has 4 nitrogen and oxygen atoms in total. The normalized spacial score (nSPS) is 10.8. The van der Waals surface area contributed by atoms with Gasteiger partial charge in [0, 0.05) is 17.8 Å². The number of pyridine rings is 1. The van der Waals surface area contributed by atoms with Crippen LogP contribution in [0.2, 0.25) is 0 Å². The fourth-order valence-corrected chi connectivity index (χ4v) is 3.34. The number of fused-ring (bicyclic) bond motifs is 1. The highest BCUT2D eigenvalue weighted by Gasteiger charge is 2.16. The molecule has 0 aliphatic heterocycles. The van der Waals surface area contributed by atoms with E-state index in [1.54, 1.807) is 18.6 Å². The lowest BCUT2D eigenvalue weighted by Gasteiger charge is -2.15. The Hall–Kier alpha value is -3.65. The fraction of sp³-hybridized carbons (Fsp3) is 0.130. The molecule has 28 heavy (non-hydrogen) atoms. The second kappa shape index (κ2) is 7.16. The quantitative estimate of drug-likeness (QED) is 0.481. The standard InChI is InChI=1S/C23H18FN3O/c1-4-11-28-18-6-8-21-20(13-18)26-14-27(21)23-22(15(2)9-10-25-23)19-7-5-17(24)12-16(19)3/h1,5-10,12-14H,11H2,2-3H3. The van der Waals surface area contributed by atoms with E-state index in [0.717, 1.165) is 39.1 Å². The third-order valence-electron chi connectivity index (χ3n) is 4.67. The van der Waals surface area contributed by atoms with Gasteiger partial charge in [-0.05, 0) is 60.9 Å². The first-order valence-electron chi connectivity index (χ1n) is 8.84. The number of benzene rings is 2. The molecule has 0 atom stereocenters. The second-order valence-corrected chi connectivity index (χ2v) is 6.54. The Morgan fingerprint density at radius 2 is 1.93 bits per heavy atom. The summed E-state index contributed by atoms with van der Waals surface area (Å²) in [5.41, 5.74) is 5.47. The van der Waals surface area contributed by atoms with Crippen molar-refractivity contribution in [3.05, 3.63) is 71.9 Å². The Bertz CT molecular complexity index is 1220. The van der Waals surface area contributed by atoms with Crippen LogP contribution in [0, 0.1) is 32.0 Å². The number of hydrogen-bond acceptors (Lipinski definition) is 3. The van der Waals surface area contributed by atoms with Crippen molar-refractivity contribution in [2.75, 3.05) is 6.61 Å². The highest BCUT2D eigenvalue weighted by molar-refractivity contribution is 5.83. The molecular formula is C23H18FN3O. The lowest BCUT2D eigenvalue weighted by molar-refractivity contribution is 0.371. The molecule has 4 aromatic rings. The summed E-state index contributed by atoms with van der Waals surface area (Å²) in [6.45, 7) is 4.13. The largest absolute Gasteiger partial charge is 0.481 e. The maximum Gasteiger partial charge on any atom is 0.148 e. The zero-order valence-electron chi connectivity index (χ0n) is 15.6. The minimum absolute atomic E-state index is 0.208. The fourth-order valence-electron chi connectivity index (χ4n) is 3.34. The summed E-state index contributed by atoms with van der Waals surface area (Å²) in [6, 6.07) is 12.4. The van der Waals surface area contributed by atoms with Gasteiger partial charge in [0.05, 0.1) is 11.0 Å². The topological polar surface area (TPSA) is 39.9 Å². The Kier molecular flexibility index (Phi) is 4.54. The molecule has 0 unspecified atom stereocenters. The average Bonchev–Trinajstić information content (AvgIpc) is 3.10. The van der Waals surface area contributed by atoms with Crippen LogP contribution in [0.5, 0.6) is 5.75 Å². The summed E-state index contributed by atoms with van der Waals surface area (Å²) in [5.74, 6) is 3.61. The van der Waals surface area contributed by atoms with Crippen LogP contribution in [-0.4, -0.2) is 21.1 Å². The molecule has 0 fully saturated rings. The lowest BCUT2D eigenvalue weighted by Crippen LogP contribution is -2.02. The van der Waals surface area contributed by atoms with Gasteiger partial charge >= 0.3 is 0 Å². The van der Waals surface area contributed by atoms with Gasteiger partial charge in [-0.25, -0.2) is 14.4 Å². The van der Waals surface area contributed by atoms with Gasteiger partial charge < -0.3 is 4.74 Å². The highest BCUT2D eigenvalue weighted by atomic mass is 19.1. The van der Waals surface area contributed by atoms with Gasteiger partial charge in [0.1, 0.15) is 30.3 Å². The molecule has 0 radical (unpaired) electrons. The Morgan fingerprint density at radius 3 is 2.71 bits per heavy atom. The van der Waals surface area contributed by atoms with Gasteiger partial charge in [0.25, 0.3) is 0 Å². The van der Waals surface area contributed by atoms with Gasteiger partial charge in [-0.1, -0.05) is 12.0 Å². The Morgan fingerprint density at radius 1 is 1.07 bits per heavy atom. The van der Waals surface area contributed by atoms with Crippen LogP contribution in [0.25, 0.3) is 28.0 Å².